The van der Waals surface area contributed by atoms with Crippen LogP contribution in [0.5, 0.6) is 0 Å². The van der Waals surface area contributed by atoms with E-state index < -0.39 is 0 Å². The van der Waals surface area contributed by atoms with E-state index in [2.05, 4.69) is 150 Å². The molecule has 3 aromatic heterocycles. The van der Waals surface area contributed by atoms with Gasteiger partial charge in [-0.25, -0.2) is 9.97 Å². The number of thiophene rings is 1. The molecular weight excluding hydrogens is 555 g/mol. The Balaban J connectivity index is 1.27. The molecule has 0 unspecified atom stereocenters. The fourth-order valence-corrected chi connectivity index (χ4v) is 7.51. The minimum atomic E-state index is 0.740. The van der Waals surface area contributed by atoms with Crippen molar-refractivity contribution in [3.63, 3.8) is 0 Å². The standard InChI is InChI=1S/C40H25N3S/c1-3-12-26(13-4-1)28-16-11-17-30(24-28)43-34-20-9-7-18-31(34)33-25-29(22-23-35(33)43)40-41-37(27-14-5-2-6-15-27)39-38(42-40)32-19-8-10-21-36(32)44-39/h1-25H. The second-order valence-corrected chi connectivity index (χ2v) is 12.1. The van der Waals surface area contributed by atoms with Gasteiger partial charge in [-0.15, -0.1) is 11.3 Å². The Kier molecular flexibility index (Phi) is 5.68. The van der Waals surface area contributed by atoms with Crippen LogP contribution in [0.25, 0.3) is 81.6 Å². The van der Waals surface area contributed by atoms with E-state index in [1.165, 1.54) is 37.5 Å². The summed E-state index contributed by atoms with van der Waals surface area (Å²) in [7, 11) is 0. The molecule has 0 saturated heterocycles. The van der Waals surface area contributed by atoms with Crippen molar-refractivity contribution in [2.24, 2.45) is 0 Å². The van der Waals surface area contributed by atoms with Crippen molar-refractivity contribution in [2.75, 3.05) is 0 Å². The number of hydrogen-bond acceptors (Lipinski definition) is 3. The minimum absolute atomic E-state index is 0.740. The largest absolute Gasteiger partial charge is 0.309 e. The first kappa shape index (κ1) is 25.0. The fraction of sp³-hybridized carbons (Fsp3) is 0. The molecule has 0 aliphatic carbocycles. The molecular formula is C40H25N3S. The predicted octanol–water partition coefficient (Wildman–Crippen LogP) is 10.9. The highest BCUT2D eigenvalue weighted by molar-refractivity contribution is 7.26. The summed E-state index contributed by atoms with van der Waals surface area (Å²) in [5.74, 6) is 0.740. The van der Waals surface area contributed by atoms with Gasteiger partial charge < -0.3 is 4.57 Å². The van der Waals surface area contributed by atoms with Crippen LogP contribution in [0.3, 0.4) is 0 Å². The van der Waals surface area contributed by atoms with Crippen LogP contribution in [0.4, 0.5) is 0 Å². The molecule has 206 valence electrons. The van der Waals surface area contributed by atoms with E-state index in [0.29, 0.717) is 0 Å². The van der Waals surface area contributed by atoms with Gasteiger partial charge in [0.1, 0.15) is 0 Å². The van der Waals surface area contributed by atoms with E-state index >= 15 is 0 Å². The van der Waals surface area contributed by atoms with E-state index in [0.717, 1.165) is 44.1 Å². The Hall–Kier alpha value is -5.58. The summed E-state index contributed by atoms with van der Waals surface area (Å²) in [6, 6.07) is 53.6. The summed E-state index contributed by atoms with van der Waals surface area (Å²) in [5.41, 5.74) is 9.97. The lowest BCUT2D eigenvalue weighted by Crippen LogP contribution is -1.95. The molecule has 0 atom stereocenters. The molecule has 0 N–H and O–H groups in total. The normalized spacial score (nSPS) is 11.6. The Morgan fingerprint density at radius 3 is 1.98 bits per heavy atom. The molecule has 9 rings (SSSR count). The van der Waals surface area contributed by atoms with Crippen LogP contribution in [-0.4, -0.2) is 14.5 Å². The third kappa shape index (κ3) is 3.96. The molecule has 0 radical (unpaired) electrons. The van der Waals surface area contributed by atoms with Crippen LogP contribution in [0.15, 0.2) is 152 Å². The third-order valence-electron chi connectivity index (χ3n) is 8.41. The number of para-hydroxylation sites is 1. The van der Waals surface area contributed by atoms with Gasteiger partial charge in [0.2, 0.25) is 0 Å². The van der Waals surface area contributed by atoms with Gasteiger partial charge in [0.05, 0.1) is 26.9 Å². The molecule has 0 saturated carbocycles. The van der Waals surface area contributed by atoms with Crippen LogP contribution in [0.2, 0.25) is 0 Å². The first-order valence-electron chi connectivity index (χ1n) is 14.8. The van der Waals surface area contributed by atoms with Gasteiger partial charge in [0, 0.05) is 37.7 Å². The van der Waals surface area contributed by atoms with Crippen molar-refractivity contribution in [2.45, 2.75) is 0 Å². The van der Waals surface area contributed by atoms with Gasteiger partial charge in [-0.2, -0.15) is 0 Å². The Morgan fingerprint density at radius 2 is 1.14 bits per heavy atom. The van der Waals surface area contributed by atoms with Gasteiger partial charge in [0.15, 0.2) is 5.82 Å². The fourth-order valence-electron chi connectivity index (χ4n) is 6.36. The van der Waals surface area contributed by atoms with E-state index in [4.69, 9.17) is 9.97 Å². The number of benzene rings is 6. The van der Waals surface area contributed by atoms with Crippen molar-refractivity contribution in [3.8, 4) is 39.5 Å². The van der Waals surface area contributed by atoms with Crippen molar-refractivity contribution in [1.29, 1.82) is 0 Å². The molecule has 0 spiro atoms. The second kappa shape index (κ2) is 10.0. The zero-order chi connectivity index (χ0) is 29.0. The number of rotatable bonds is 4. The summed E-state index contributed by atoms with van der Waals surface area (Å²) in [5, 5.41) is 3.56. The van der Waals surface area contributed by atoms with Crippen LogP contribution >= 0.6 is 11.3 Å². The Bertz CT molecular complexity index is 2490. The zero-order valence-corrected chi connectivity index (χ0v) is 24.5. The number of fused-ring (bicyclic) bond motifs is 6. The smallest absolute Gasteiger partial charge is 0.160 e. The molecule has 0 amide bonds. The predicted molar refractivity (Wildman–Crippen MR) is 186 cm³/mol. The van der Waals surface area contributed by atoms with Gasteiger partial charge in [-0.05, 0) is 53.6 Å². The van der Waals surface area contributed by atoms with E-state index in [1.54, 1.807) is 11.3 Å². The van der Waals surface area contributed by atoms with Gasteiger partial charge >= 0.3 is 0 Å². The number of aromatic nitrogens is 3. The van der Waals surface area contributed by atoms with Crippen LogP contribution < -0.4 is 0 Å². The quantitative estimate of drug-likeness (QED) is 0.208. The molecule has 0 aliphatic heterocycles. The Labute approximate surface area is 258 Å². The topological polar surface area (TPSA) is 30.7 Å². The average Bonchev–Trinajstić information content (AvgIpc) is 3.64. The lowest BCUT2D eigenvalue weighted by molar-refractivity contribution is 1.18. The highest BCUT2D eigenvalue weighted by Crippen LogP contribution is 2.40. The van der Waals surface area contributed by atoms with Gasteiger partial charge in [-0.3, -0.25) is 0 Å². The summed E-state index contributed by atoms with van der Waals surface area (Å²) < 4.78 is 4.71. The van der Waals surface area contributed by atoms with E-state index in [-0.39, 0.29) is 0 Å². The molecule has 3 nitrogen and oxygen atoms in total. The van der Waals surface area contributed by atoms with Crippen molar-refractivity contribution >= 4 is 53.4 Å². The zero-order valence-electron chi connectivity index (χ0n) is 23.7. The highest BCUT2D eigenvalue weighted by atomic mass is 32.1. The lowest BCUT2D eigenvalue weighted by Gasteiger charge is -2.11. The SMILES string of the molecule is c1ccc(-c2cccc(-n3c4ccccc4c4cc(-c5nc(-c6ccccc6)c6sc7ccccc7c6n5)ccc43)c2)cc1. The van der Waals surface area contributed by atoms with Gasteiger partial charge in [0.25, 0.3) is 0 Å². The lowest BCUT2D eigenvalue weighted by atomic mass is 10.1. The van der Waals surface area contributed by atoms with E-state index in [1.807, 2.05) is 6.07 Å². The molecule has 3 heterocycles. The molecule has 44 heavy (non-hydrogen) atoms. The number of hydrogen-bond donors (Lipinski definition) is 0. The summed E-state index contributed by atoms with van der Waals surface area (Å²) in [4.78, 5) is 10.4. The molecule has 0 bridgehead atoms. The summed E-state index contributed by atoms with van der Waals surface area (Å²) in [6.45, 7) is 0. The highest BCUT2D eigenvalue weighted by Gasteiger charge is 2.18. The van der Waals surface area contributed by atoms with Crippen LogP contribution in [0, 0.1) is 0 Å². The average molecular weight is 580 g/mol. The third-order valence-corrected chi connectivity index (χ3v) is 9.58. The maximum atomic E-state index is 5.23. The summed E-state index contributed by atoms with van der Waals surface area (Å²) >= 11 is 1.76. The van der Waals surface area contributed by atoms with Crippen molar-refractivity contribution < 1.29 is 0 Å². The van der Waals surface area contributed by atoms with Gasteiger partial charge in [-0.1, -0.05) is 109 Å². The first-order chi connectivity index (χ1) is 21.8. The monoisotopic (exact) mass is 579 g/mol. The molecule has 9 aromatic rings. The number of nitrogens with zero attached hydrogens (tertiary/aromatic N) is 3. The molecule has 0 fully saturated rings. The first-order valence-corrected chi connectivity index (χ1v) is 15.6. The second-order valence-electron chi connectivity index (χ2n) is 11.0. The van der Waals surface area contributed by atoms with Crippen LogP contribution in [0.1, 0.15) is 0 Å². The van der Waals surface area contributed by atoms with E-state index in [9.17, 15) is 0 Å². The summed E-state index contributed by atoms with van der Waals surface area (Å²) in [6.07, 6.45) is 0. The van der Waals surface area contributed by atoms with Crippen molar-refractivity contribution in [1.82, 2.24) is 14.5 Å². The maximum absolute atomic E-state index is 5.23. The molecule has 6 aromatic carbocycles. The molecule has 0 aliphatic rings. The maximum Gasteiger partial charge on any atom is 0.160 e. The minimum Gasteiger partial charge on any atom is -0.309 e. The Morgan fingerprint density at radius 1 is 0.455 bits per heavy atom. The van der Waals surface area contributed by atoms with Crippen LogP contribution in [-0.2, 0) is 0 Å². The van der Waals surface area contributed by atoms with Crippen molar-refractivity contribution in [3.05, 3.63) is 152 Å². The molecule has 4 heteroatoms.